The first kappa shape index (κ1) is 12.2. The predicted molar refractivity (Wildman–Crippen MR) is 72.6 cm³/mol. The van der Waals surface area contributed by atoms with Gasteiger partial charge in [0.1, 0.15) is 5.75 Å². The van der Waals surface area contributed by atoms with Crippen molar-refractivity contribution in [2.24, 2.45) is 0 Å². The molecule has 0 unspecified atom stereocenters. The number of fused-ring (bicyclic) bond motifs is 1. The van der Waals surface area contributed by atoms with Crippen molar-refractivity contribution < 1.29 is 14.4 Å². The van der Waals surface area contributed by atoms with E-state index in [1.807, 2.05) is 12.1 Å². The van der Waals surface area contributed by atoms with Gasteiger partial charge in [-0.05, 0) is 18.4 Å². The molecule has 0 radical (unpaired) electrons. The van der Waals surface area contributed by atoms with Crippen LogP contribution in [0, 0.1) is 6.92 Å². The zero-order chi connectivity index (χ0) is 14.1. The van der Waals surface area contributed by atoms with Crippen molar-refractivity contribution in [1.29, 1.82) is 0 Å². The zero-order valence-corrected chi connectivity index (χ0v) is 10.6. The Bertz CT molecular complexity index is 795. The molecule has 0 aliphatic heterocycles. The predicted octanol–water partition coefficient (Wildman–Crippen LogP) is 2.49. The van der Waals surface area contributed by atoms with Crippen LogP contribution in [0.15, 0.2) is 40.9 Å². The molecule has 0 saturated carbocycles. The maximum atomic E-state index is 12.1. The van der Waals surface area contributed by atoms with Crippen molar-refractivity contribution >= 4 is 22.7 Å². The number of rotatable bonds is 2. The van der Waals surface area contributed by atoms with Gasteiger partial charge >= 0.3 is 6.01 Å². The average molecular weight is 269 g/mol. The molecule has 1 amide bonds. The summed E-state index contributed by atoms with van der Waals surface area (Å²) >= 11 is 0. The summed E-state index contributed by atoms with van der Waals surface area (Å²) in [4.78, 5) is 16.0. The number of nitrogens with zero attached hydrogens (tertiary/aromatic N) is 2. The number of anilines is 1. The lowest BCUT2D eigenvalue weighted by Gasteiger charge is -2.06. The maximum absolute atomic E-state index is 12.1. The molecule has 1 aromatic heterocycles. The van der Waals surface area contributed by atoms with Gasteiger partial charge in [0, 0.05) is 5.39 Å². The molecule has 0 saturated heterocycles. The Labute approximate surface area is 114 Å². The van der Waals surface area contributed by atoms with E-state index in [2.05, 4.69) is 15.5 Å². The topological polar surface area (TPSA) is 88.2 Å². The van der Waals surface area contributed by atoms with E-state index in [-0.39, 0.29) is 17.3 Å². The van der Waals surface area contributed by atoms with Crippen molar-refractivity contribution in [2.75, 3.05) is 5.32 Å². The molecule has 3 aromatic rings. The molecule has 3 rings (SSSR count). The Morgan fingerprint density at radius 3 is 2.80 bits per heavy atom. The molecule has 100 valence electrons. The molecule has 0 aliphatic carbocycles. The van der Waals surface area contributed by atoms with E-state index in [1.165, 1.54) is 0 Å². The van der Waals surface area contributed by atoms with Gasteiger partial charge in [0.05, 0.1) is 5.56 Å². The van der Waals surface area contributed by atoms with Crippen molar-refractivity contribution in [3.63, 3.8) is 0 Å². The number of aromatic nitrogens is 2. The van der Waals surface area contributed by atoms with Crippen molar-refractivity contribution in [1.82, 2.24) is 10.1 Å². The van der Waals surface area contributed by atoms with Gasteiger partial charge in [-0.2, -0.15) is 4.98 Å². The van der Waals surface area contributed by atoms with Crippen LogP contribution in [0.25, 0.3) is 10.8 Å². The fraction of sp³-hybridized carbons (Fsp3) is 0.0714. The molecule has 0 fully saturated rings. The SMILES string of the molecule is Cc1noc(NC(=O)c2ccc3ccccc3c2O)n1. The van der Waals surface area contributed by atoms with Crippen LogP contribution in [0.1, 0.15) is 16.2 Å². The standard InChI is InChI=1S/C14H11N3O3/c1-8-15-14(20-17-8)16-13(19)11-7-6-9-4-2-3-5-10(9)12(11)18/h2-7,18H,1H3,(H,15,16,17,19). The molecule has 2 N–H and O–H groups in total. The highest BCUT2D eigenvalue weighted by atomic mass is 16.5. The number of aryl methyl sites for hydroxylation is 1. The lowest BCUT2D eigenvalue weighted by molar-refractivity contribution is 0.102. The summed E-state index contributed by atoms with van der Waals surface area (Å²) in [5, 5.41) is 17.7. The second-order valence-electron chi connectivity index (χ2n) is 4.28. The van der Waals surface area contributed by atoms with Crippen LogP contribution in [-0.4, -0.2) is 21.2 Å². The summed E-state index contributed by atoms with van der Waals surface area (Å²) in [6.07, 6.45) is 0. The van der Waals surface area contributed by atoms with Gasteiger partial charge in [-0.1, -0.05) is 35.5 Å². The van der Waals surface area contributed by atoms with Crippen LogP contribution >= 0.6 is 0 Å². The molecule has 0 atom stereocenters. The van der Waals surface area contributed by atoms with Gasteiger partial charge in [-0.15, -0.1) is 0 Å². The highest BCUT2D eigenvalue weighted by Crippen LogP contribution is 2.28. The quantitative estimate of drug-likeness (QED) is 0.746. The number of amides is 1. The fourth-order valence-electron chi connectivity index (χ4n) is 1.95. The number of phenols is 1. The number of aromatic hydroxyl groups is 1. The first-order valence-corrected chi connectivity index (χ1v) is 5.97. The Hall–Kier alpha value is -2.89. The van der Waals surface area contributed by atoms with Gasteiger partial charge < -0.3 is 9.63 Å². The monoisotopic (exact) mass is 269 g/mol. The van der Waals surface area contributed by atoms with Gasteiger partial charge in [-0.3, -0.25) is 10.1 Å². The summed E-state index contributed by atoms with van der Waals surface area (Å²) in [5.74, 6) is -0.156. The van der Waals surface area contributed by atoms with Crippen LogP contribution in [0.2, 0.25) is 0 Å². The highest BCUT2D eigenvalue weighted by molar-refractivity contribution is 6.09. The van der Waals surface area contributed by atoms with Gasteiger partial charge in [0.25, 0.3) is 5.91 Å². The number of carbonyl (C=O) groups excluding carboxylic acids is 1. The molecule has 2 aromatic carbocycles. The summed E-state index contributed by atoms with van der Waals surface area (Å²) in [7, 11) is 0. The van der Waals surface area contributed by atoms with Crippen molar-refractivity contribution in [2.45, 2.75) is 6.92 Å². The first-order valence-electron chi connectivity index (χ1n) is 5.97. The van der Waals surface area contributed by atoms with E-state index in [9.17, 15) is 9.90 Å². The Morgan fingerprint density at radius 1 is 1.25 bits per heavy atom. The lowest BCUT2D eigenvalue weighted by Crippen LogP contribution is -2.12. The smallest absolute Gasteiger partial charge is 0.328 e. The summed E-state index contributed by atoms with van der Waals surface area (Å²) in [6.45, 7) is 1.65. The van der Waals surface area contributed by atoms with E-state index in [0.29, 0.717) is 11.2 Å². The second kappa shape index (κ2) is 4.65. The van der Waals surface area contributed by atoms with Crippen molar-refractivity contribution in [3.8, 4) is 5.75 Å². The largest absolute Gasteiger partial charge is 0.506 e. The number of nitrogens with one attached hydrogen (secondary N) is 1. The highest BCUT2D eigenvalue weighted by Gasteiger charge is 2.16. The second-order valence-corrected chi connectivity index (χ2v) is 4.28. The number of benzene rings is 2. The minimum Gasteiger partial charge on any atom is -0.506 e. The van der Waals surface area contributed by atoms with Crippen LogP contribution in [0.5, 0.6) is 5.75 Å². The lowest BCUT2D eigenvalue weighted by atomic mass is 10.0. The Morgan fingerprint density at radius 2 is 2.05 bits per heavy atom. The molecule has 6 nitrogen and oxygen atoms in total. The number of hydrogen-bond acceptors (Lipinski definition) is 5. The third kappa shape index (κ3) is 2.07. The molecule has 0 aliphatic rings. The minimum atomic E-state index is -0.503. The first-order chi connectivity index (χ1) is 9.65. The molecule has 6 heteroatoms. The summed E-state index contributed by atoms with van der Waals surface area (Å²) in [6, 6.07) is 10.6. The molecular formula is C14H11N3O3. The number of carbonyl (C=O) groups is 1. The Balaban J connectivity index is 1.97. The normalized spacial score (nSPS) is 10.7. The number of hydrogen-bond donors (Lipinski definition) is 2. The van der Waals surface area contributed by atoms with E-state index in [1.54, 1.807) is 31.2 Å². The fourth-order valence-corrected chi connectivity index (χ4v) is 1.95. The van der Waals surface area contributed by atoms with Gasteiger partial charge in [0.2, 0.25) is 0 Å². The van der Waals surface area contributed by atoms with Crippen LogP contribution in [0.3, 0.4) is 0 Å². The number of phenolic OH excluding ortho intramolecular Hbond substituents is 1. The van der Waals surface area contributed by atoms with Crippen LogP contribution < -0.4 is 5.32 Å². The maximum Gasteiger partial charge on any atom is 0.328 e. The van der Waals surface area contributed by atoms with E-state index < -0.39 is 5.91 Å². The Kier molecular flexibility index (Phi) is 2.83. The third-order valence-electron chi connectivity index (χ3n) is 2.89. The van der Waals surface area contributed by atoms with Crippen molar-refractivity contribution in [3.05, 3.63) is 47.8 Å². The minimum absolute atomic E-state index is 0.0000543. The summed E-state index contributed by atoms with van der Waals surface area (Å²) in [5.41, 5.74) is 0.152. The molecule has 20 heavy (non-hydrogen) atoms. The summed E-state index contributed by atoms with van der Waals surface area (Å²) < 4.78 is 4.81. The average Bonchev–Trinajstić information content (AvgIpc) is 2.84. The van der Waals surface area contributed by atoms with E-state index in [4.69, 9.17) is 4.52 Å². The van der Waals surface area contributed by atoms with E-state index >= 15 is 0 Å². The third-order valence-corrected chi connectivity index (χ3v) is 2.89. The van der Waals surface area contributed by atoms with Gasteiger partial charge in [0.15, 0.2) is 5.82 Å². The zero-order valence-electron chi connectivity index (χ0n) is 10.6. The molecule has 1 heterocycles. The van der Waals surface area contributed by atoms with Crippen LogP contribution in [0.4, 0.5) is 6.01 Å². The van der Waals surface area contributed by atoms with Crippen LogP contribution in [-0.2, 0) is 0 Å². The molecule has 0 bridgehead atoms. The molecule has 0 spiro atoms. The van der Waals surface area contributed by atoms with E-state index in [0.717, 1.165) is 5.39 Å². The molecular weight excluding hydrogens is 258 g/mol. The van der Waals surface area contributed by atoms with Gasteiger partial charge in [-0.25, -0.2) is 0 Å².